The van der Waals surface area contributed by atoms with Crippen LogP contribution in [0.5, 0.6) is 0 Å². The van der Waals surface area contributed by atoms with Gasteiger partial charge in [0.1, 0.15) is 0 Å². The van der Waals surface area contributed by atoms with Crippen LogP contribution >= 0.6 is 33.9 Å². The third-order valence-corrected chi connectivity index (χ3v) is 3.77. The maximum atomic E-state index is 11.7. The Hall–Kier alpha value is -0.880. The van der Waals surface area contributed by atoms with Crippen LogP contribution in [0.15, 0.2) is 41.1 Å². The molecule has 1 heterocycles. The van der Waals surface area contributed by atoms with Crippen molar-refractivity contribution >= 4 is 45.5 Å². The second-order valence-corrected chi connectivity index (χ2v) is 5.28. The molecule has 0 saturated carbocycles. The Morgan fingerprint density at radius 3 is 2.81 bits per heavy atom. The topological polar surface area (TPSA) is 29.1 Å². The van der Waals surface area contributed by atoms with E-state index in [1.54, 1.807) is 11.3 Å². The summed E-state index contributed by atoms with van der Waals surface area (Å²) in [6, 6.07) is 9.73. The van der Waals surface area contributed by atoms with Crippen molar-refractivity contribution in [3.05, 3.63) is 50.2 Å². The van der Waals surface area contributed by atoms with Crippen molar-refractivity contribution < 1.29 is 4.79 Å². The number of benzene rings is 1. The minimum atomic E-state index is 0.0301. The first-order chi connectivity index (χ1) is 7.75. The molecule has 4 heteroatoms. The van der Waals surface area contributed by atoms with Crippen molar-refractivity contribution in [2.24, 2.45) is 0 Å². The molecule has 16 heavy (non-hydrogen) atoms. The Morgan fingerprint density at radius 2 is 2.12 bits per heavy atom. The highest BCUT2D eigenvalue weighted by atomic mass is 127. The summed E-state index contributed by atoms with van der Waals surface area (Å²) in [7, 11) is 0. The van der Waals surface area contributed by atoms with E-state index in [-0.39, 0.29) is 5.91 Å². The third kappa shape index (κ3) is 3.05. The molecule has 0 unspecified atom stereocenters. The van der Waals surface area contributed by atoms with E-state index in [0.29, 0.717) is 6.42 Å². The first kappa shape index (κ1) is 11.6. The van der Waals surface area contributed by atoms with Crippen LogP contribution in [0.2, 0.25) is 0 Å². The van der Waals surface area contributed by atoms with Crippen LogP contribution in [-0.2, 0) is 11.2 Å². The predicted octanol–water partition coefficient (Wildman–Crippen LogP) is 3.53. The van der Waals surface area contributed by atoms with E-state index in [0.717, 1.165) is 14.8 Å². The highest BCUT2D eigenvalue weighted by Crippen LogP contribution is 2.17. The van der Waals surface area contributed by atoms with E-state index in [9.17, 15) is 4.79 Å². The summed E-state index contributed by atoms with van der Waals surface area (Å²) in [5.74, 6) is 0.0301. The zero-order chi connectivity index (χ0) is 11.4. The normalized spacial score (nSPS) is 10.1. The molecule has 0 fully saturated rings. The lowest BCUT2D eigenvalue weighted by atomic mass is 10.2. The number of rotatable bonds is 3. The third-order valence-electron chi connectivity index (χ3n) is 2.09. The maximum Gasteiger partial charge on any atom is 0.228 e. The Balaban J connectivity index is 2.00. The first-order valence-electron chi connectivity index (χ1n) is 4.81. The smallest absolute Gasteiger partial charge is 0.228 e. The van der Waals surface area contributed by atoms with Gasteiger partial charge in [-0.3, -0.25) is 4.79 Å². The van der Waals surface area contributed by atoms with Gasteiger partial charge in [-0.1, -0.05) is 12.1 Å². The second-order valence-electron chi connectivity index (χ2n) is 3.34. The predicted molar refractivity (Wildman–Crippen MR) is 75.8 cm³/mol. The van der Waals surface area contributed by atoms with Crippen molar-refractivity contribution in [3.63, 3.8) is 0 Å². The molecule has 0 atom stereocenters. The SMILES string of the molecule is O=C(Cc1ccsc1)Nc1ccccc1I. The van der Waals surface area contributed by atoms with E-state index < -0.39 is 0 Å². The van der Waals surface area contributed by atoms with E-state index in [4.69, 9.17) is 0 Å². The molecule has 0 bridgehead atoms. The van der Waals surface area contributed by atoms with Gasteiger partial charge >= 0.3 is 0 Å². The maximum absolute atomic E-state index is 11.7. The molecule has 0 aliphatic rings. The molecular weight excluding hydrogens is 333 g/mol. The number of carbonyl (C=O) groups excluding carboxylic acids is 1. The zero-order valence-electron chi connectivity index (χ0n) is 8.44. The van der Waals surface area contributed by atoms with Crippen LogP contribution in [0.1, 0.15) is 5.56 Å². The standard InChI is InChI=1S/C12H10INOS/c13-10-3-1-2-4-11(10)14-12(15)7-9-5-6-16-8-9/h1-6,8H,7H2,(H,14,15). The Bertz CT molecular complexity index is 482. The molecular formula is C12H10INOS. The second kappa shape index (κ2) is 5.45. The Morgan fingerprint density at radius 1 is 1.31 bits per heavy atom. The van der Waals surface area contributed by atoms with Gasteiger partial charge < -0.3 is 5.32 Å². The highest BCUT2D eigenvalue weighted by Gasteiger charge is 2.05. The quantitative estimate of drug-likeness (QED) is 0.849. The molecule has 0 saturated heterocycles. The molecule has 1 aromatic heterocycles. The van der Waals surface area contributed by atoms with Crippen LogP contribution < -0.4 is 5.32 Å². The molecule has 0 spiro atoms. The van der Waals surface area contributed by atoms with Crippen molar-refractivity contribution in [1.82, 2.24) is 0 Å². The number of carbonyl (C=O) groups is 1. The molecule has 1 N–H and O–H groups in total. The summed E-state index contributed by atoms with van der Waals surface area (Å²) in [5.41, 5.74) is 1.94. The number of para-hydroxylation sites is 1. The largest absolute Gasteiger partial charge is 0.325 e. The molecule has 82 valence electrons. The fraction of sp³-hybridized carbons (Fsp3) is 0.0833. The lowest BCUT2D eigenvalue weighted by molar-refractivity contribution is -0.115. The van der Waals surface area contributed by atoms with Crippen LogP contribution in [-0.4, -0.2) is 5.91 Å². The molecule has 1 amide bonds. The minimum absolute atomic E-state index is 0.0301. The van der Waals surface area contributed by atoms with Gasteiger partial charge in [0.25, 0.3) is 0 Å². The molecule has 2 nitrogen and oxygen atoms in total. The van der Waals surface area contributed by atoms with E-state index in [1.165, 1.54) is 0 Å². The number of nitrogens with one attached hydrogen (secondary N) is 1. The Kier molecular flexibility index (Phi) is 3.95. The first-order valence-corrected chi connectivity index (χ1v) is 6.83. The fourth-order valence-electron chi connectivity index (χ4n) is 1.34. The van der Waals surface area contributed by atoms with Gasteiger partial charge in [0, 0.05) is 3.57 Å². The van der Waals surface area contributed by atoms with Gasteiger partial charge in [-0.25, -0.2) is 0 Å². The minimum Gasteiger partial charge on any atom is -0.325 e. The lowest BCUT2D eigenvalue weighted by Gasteiger charge is -2.06. The molecule has 0 aliphatic carbocycles. The van der Waals surface area contributed by atoms with E-state index in [1.807, 2.05) is 41.1 Å². The van der Waals surface area contributed by atoms with Crippen molar-refractivity contribution in [1.29, 1.82) is 0 Å². The summed E-state index contributed by atoms with van der Waals surface area (Å²) in [5, 5.41) is 6.88. The average Bonchev–Trinajstić information content (AvgIpc) is 2.74. The molecule has 2 aromatic rings. The summed E-state index contributed by atoms with van der Waals surface area (Å²) < 4.78 is 1.05. The fourth-order valence-corrected chi connectivity index (χ4v) is 2.53. The van der Waals surface area contributed by atoms with Crippen molar-refractivity contribution in [2.45, 2.75) is 6.42 Å². The number of hydrogen-bond donors (Lipinski definition) is 1. The van der Waals surface area contributed by atoms with E-state index in [2.05, 4.69) is 27.9 Å². The molecule has 0 radical (unpaired) electrons. The number of anilines is 1. The molecule has 2 rings (SSSR count). The van der Waals surface area contributed by atoms with Gasteiger partial charge in [0.05, 0.1) is 12.1 Å². The monoisotopic (exact) mass is 343 g/mol. The van der Waals surface area contributed by atoms with Crippen LogP contribution in [0.3, 0.4) is 0 Å². The number of thiophene rings is 1. The van der Waals surface area contributed by atoms with Crippen LogP contribution in [0.4, 0.5) is 5.69 Å². The molecule has 0 aliphatic heterocycles. The Labute approximate surface area is 112 Å². The summed E-state index contributed by atoms with van der Waals surface area (Å²) in [6.45, 7) is 0. The number of halogens is 1. The van der Waals surface area contributed by atoms with Crippen molar-refractivity contribution in [2.75, 3.05) is 5.32 Å². The van der Waals surface area contributed by atoms with Crippen LogP contribution in [0, 0.1) is 3.57 Å². The average molecular weight is 343 g/mol. The summed E-state index contributed by atoms with van der Waals surface area (Å²) in [4.78, 5) is 11.7. The van der Waals surface area contributed by atoms with Crippen molar-refractivity contribution in [3.8, 4) is 0 Å². The summed E-state index contributed by atoms with van der Waals surface area (Å²) >= 11 is 3.82. The zero-order valence-corrected chi connectivity index (χ0v) is 11.4. The lowest BCUT2D eigenvalue weighted by Crippen LogP contribution is -2.14. The van der Waals surface area contributed by atoms with Crippen LogP contribution in [0.25, 0.3) is 0 Å². The van der Waals surface area contributed by atoms with E-state index >= 15 is 0 Å². The number of amides is 1. The van der Waals surface area contributed by atoms with Gasteiger partial charge in [0.2, 0.25) is 5.91 Å². The summed E-state index contributed by atoms with van der Waals surface area (Å²) in [6.07, 6.45) is 0.439. The van der Waals surface area contributed by atoms with Gasteiger partial charge in [0.15, 0.2) is 0 Å². The molecule has 1 aromatic carbocycles. The highest BCUT2D eigenvalue weighted by molar-refractivity contribution is 14.1. The van der Waals surface area contributed by atoms with Gasteiger partial charge in [-0.05, 0) is 57.1 Å². The van der Waals surface area contributed by atoms with Gasteiger partial charge in [-0.15, -0.1) is 0 Å². The number of hydrogen-bond acceptors (Lipinski definition) is 2. The van der Waals surface area contributed by atoms with Gasteiger partial charge in [-0.2, -0.15) is 11.3 Å².